The summed E-state index contributed by atoms with van der Waals surface area (Å²) in [6, 6.07) is 28.6. The third-order valence-electron chi connectivity index (χ3n) is 4.60. The Morgan fingerprint density at radius 1 is 0.857 bits per heavy atom. The van der Waals surface area contributed by atoms with Crippen molar-refractivity contribution in [1.82, 2.24) is 0 Å². The second-order valence-electron chi connectivity index (χ2n) is 6.55. The highest BCUT2D eigenvalue weighted by molar-refractivity contribution is 9.10. The molecule has 0 atom stereocenters. The molecule has 4 rings (SSSR count). The molecular formula is C24H19BrClNO. The number of ether oxygens (including phenoxy) is 1. The third-order valence-corrected chi connectivity index (χ3v) is 5.42. The van der Waals surface area contributed by atoms with E-state index in [1.54, 1.807) is 0 Å². The lowest BCUT2D eigenvalue weighted by atomic mass is 10.1. The molecule has 0 saturated carbocycles. The lowest BCUT2D eigenvalue weighted by molar-refractivity contribution is 0.308. The van der Waals surface area contributed by atoms with Crippen LogP contribution in [0.1, 0.15) is 11.1 Å². The van der Waals surface area contributed by atoms with Crippen LogP contribution in [-0.2, 0) is 13.2 Å². The van der Waals surface area contributed by atoms with Gasteiger partial charge in [0.05, 0.1) is 5.02 Å². The van der Waals surface area contributed by atoms with Gasteiger partial charge < -0.3 is 10.1 Å². The smallest absolute Gasteiger partial charge is 0.138 e. The molecule has 0 fully saturated rings. The molecule has 0 radical (unpaired) electrons. The number of hydrogen-bond acceptors (Lipinski definition) is 2. The summed E-state index contributed by atoms with van der Waals surface area (Å²) in [5.74, 6) is 0.696. The fourth-order valence-corrected chi connectivity index (χ4v) is 3.64. The molecule has 2 nitrogen and oxygen atoms in total. The van der Waals surface area contributed by atoms with Gasteiger partial charge >= 0.3 is 0 Å². The molecule has 28 heavy (non-hydrogen) atoms. The fraction of sp³-hybridized carbons (Fsp3) is 0.0833. The Bertz CT molecular complexity index is 1090. The second-order valence-corrected chi connectivity index (χ2v) is 7.88. The number of fused-ring (bicyclic) bond motifs is 1. The zero-order valence-corrected chi connectivity index (χ0v) is 17.5. The van der Waals surface area contributed by atoms with Gasteiger partial charge in [-0.2, -0.15) is 0 Å². The predicted molar refractivity (Wildman–Crippen MR) is 121 cm³/mol. The average molecular weight is 453 g/mol. The minimum Gasteiger partial charge on any atom is -0.487 e. The van der Waals surface area contributed by atoms with Crippen molar-refractivity contribution in [2.75, 3.05) is 5.32 Å². The van der Waals surface area contributed by atoms with E-state index in [0.717, 1.165) is 21.3 Å². The highest BCUT2D eigenvalue weighted by Crippen LogP contribution is 2.28. The average Bonchev–Trinajstić information content (AvgIpc) is 2.73. The van der Waals surface area contributed by atoms with Crippen molar-refractivity contribution in [3.63, 3.8) is 0 Å². The van der Waals surface area contributed by atoms with Crippen molar-refractivity contribution in [3.05, 3.63) is 106 Å². The van der Waals surface area contributed by atoms with E-state index in [9.17, 15) is 0 Å². The Hall–Kier alpha value is -2.49. The predicted octanol–water partition coefficient (Wildman–Crippen LogP) is 7.45. The number of rotatable bonds is 6. The highest BCUT2D eigenvalue weighted by atomic mass is 79.9. The van der Waals surface area contributed by atoms with Crippen LogP contribution >= 0.6 is 27.5 Å². The molecule has 0 aliphatic rings. The molecule has 0 heterocycles. The highest BCUT2D eigenvalue weighted by Gasteiger charge is 2.06. The van der Waals surface area contributed by atoms with Crippen LogP contribution in [0.15, 0.2) is 89.4 Å². The SMILES string of the molecule is Clc1cc(CNc2ccc(Br)cc2)ccc1OCc1cccc2ccccc12. The summed E-state index contributed by atoms with van der Waals surface area (Å²) in [5, 5.41) is 6.43. The Labute approximate surface area is 178 Å². The Morgan fingerprint density at radius 3 is 2.46 bits per heavy atom. The standard InChI is InChI=1S/C24H19BrClNO/c25-20-9-11-21(12-10-20)27-15-17-8-13-24(23(26)14-17)28-16-19-6-3-5-18-4-1-2-7-22(18)19/h1-14,27H,15-16H2. The molecule has 0 aliphatic heterocycles. The number of benzene rings is 4. The minimum absolute atomic E-state index is 0.484. The van der Waals surface area contributed by atoms with Crippen LogP contribution in [0, 0.1) is 0 Å². The molecule has 1 N–H and O–H groups in total. The van der Waals surface area contributed by atoms with E-state index in [0.29, 0.717) is 23.9 Å². The van der Waals surface area contributed by atoms with Gasteiger partial charge in [-0.15, -0.1) is 0 Å². The molecule has 0 amide bonds. The maximum absolute atomic E-state index is 6.46. The van der Waals surface area contributed by atoms with Gasteiger partial charge in [0.15, 0.2) is 0 Å². The summed E-state index contributed by atoms with van der Waals surface area (Å²) in [4.78, 5) is 0. The largest absolute Gasteiger partial charge is 0.487 e. The van der Waals surface area contributed by atoms with Gasteiger partial charge in [0.1, 0.15) is 12.4 Å². The van der Waals surface area contributed by atoms with Crippen LogP contribution in [0.3, 0.4) is 0 Å². The molecule has 0 aromatic heterocycles. The van der Waals surface area contributed by atoms with Crippen molar-refractivity contribution in [2.24, 2.45) is 0 Å². The molecule has 0 aliphatic carbocycles. The topological polar surface area (TPSA) is 21.3 Å². The van der Waals surface area contributed by atoms with Gasteiger partial charge in [0.2, 0.25) is 0 Å². The van der Waals surface area contributed by atoms with Gasteiger partial charge in [-0.05, 0) is 58.3 Å². The maximum Gasteiger partial charge on any atom is 0.138 e. The van der Waals surface area contributed by atoms with Gasteiger partial charge in [0, 0.05) is 16.7 Å². The van der Waals surface area contributed by atoms with Crippen molar-refractivity contribution in [1.29, 1.82) is 0 Å². The Morgan fingerprint density at radius 2 is 1.64 bits per heavy atom. The van der Waals surface area contributed by atoms with Gasteiger partial charge in [-0.25, -0.2) is 0 Å². The van der Waals surface area contributed by atoms with E-state index in [-0.39, 0.29) is 0 Å². The molecule has 0 bridgehead atoms. The van der Waals surface area contributed by atoms with Gasteiger partial charge in [-0.3, -0.25) is 0 Å². The monoisotopic (exact) mass is 451 g/mol. The van der Waals surface area contributed by atoms with Crippen molar-refractivity contribution >= 4 is 44.0 Å². The van der Waals surface area contributed by atoms with Crippen molar-refractivity contribution in [3.8, 4) is 5.75 Å². The van der Waals surface area contributed by atoms with E-state index in [2.05, 4.69) is 51.6 Å². The second kappa shape index (κ2) is 8.68. The van der Waals surface area contributed by atoms with E-state index < -0.39 is 0 Å². The number of halogens is 2. The molecule has 4 aromatic carbocycles. The zero-order valence-electron chi connectivity index (χ0n) is 15.2. The molecule has 0 unspecified atom stereocenters. The lowest BCUT2D eigenvalue weighted by Crippen LogP contribution is -2.00. The van der Waals surface area contributed by atoms with E-state index in [1.165, 1.54) is 10.8 Å². The summed E-state index contributed by atoms with van der Waals surface area (Å²) in [5.41, 5.74) is 3.32. The quantitative estimate of drug-likeness (QED) is 0.328. The van der Waals surface area contributed by atoms with Crippen LogP contribution in [0.2, 0.25) is 5.02 Å². The molecular weight excluding hydrogens is 434 g/mol. The van der Waals surface area contributed by atoms with Gasteiger partial charge in [-0.1, -0.05) is 76.1 Å². The van der Waals surface area contributed by atoms with Crippen LogP contribution < -0.4 is 10.1 Å². The Kier molecular flexibility index (Phi) is 5.84. The normalized spacial score (nSPS) is 10.8. The van der Waals surface area contributed by atoms with E-state index in [1.807, 2.05) is 54.6 Å². The third kappa shape index (κ3) is 4.49. The molecule has 140 valence electrons. The zero-order chi connectivity index (χ0) is 19.3. The number of nitrogens with one attached hydrogen (secondary N) is 1. The maximum atomic E-state index is 6.46. The summed E-state index contributed by atoms with van der Waals surface area (Å²) in [6.07, 6.45) is 0. The van der Waals surface area contributed by atoms with Crippen LogP contribution in [0.25, 0.3) is 10.8 Å². The first-order chi connectivity index (χ1) is 13.7. The van der Waals surface area contributed by atoms with Gasteiger partial charge in [0.25, 0.3) is 0 Å². The first-order valence-corrected chi connectivity index (χ1v) is 10.2. The summed E-state index contributed by atoms with van der Waals surface area (Å²) in [6.45, 7) is 1.18. The summed E-state index contributed by atoms with van der Waals surface area (Å²) < 4.78 is 7.07. The molecule has 4 aromatic rings. The summed E-state index contributed by atoms with van der Waals surface area (Å²) in [7, 11) is 0. The fourth-order valence-electron chi connectivity index (χ4n) is 3.12. The molecule has 0 spiro atoms. The number of hydrogen-bond donors (Lipinski definition) is 1. The molecule has 4 heteroatoms. The lowest BCUT2D eigenvalue weighted by Gasteiger charge is -2.12. The van der Waals surface area contributed by atoms with E-state index in [4.69, 9.17) is 16.3 Å². The van der Waals surface area contributed by atoms with Crippen molar-refractivity contribution in [2.45, 2.75) is 13.2 Å². The summed E-state index contributed by atoms with van der Waals surface area (Å²) >= 11 is 9.90. The molecule has 0 saturated heterocycles. The Balaban J connectivity index is 1.42. The van der Waals surface area contributed by atoms with Crippen LogP contribution in [0.5, 0.6) is 5.75 Å². The van der Waals surface area contributed by atoms with Crippen LogP contribution in [0.4, 0.5) is 5.69 Å². The first kappa shape index (κ1) is 18.9. The van der Waals surface area contributed by atoms with Crippen molar-refractivity contribution < 1.29 is 4.74 Å². The minimum atomic E-state index is 0.484. The van der Waals surface area contributed by atoms with Crippen LogP contribution in [-0.4, -0.2) is 0 Å². The number of anilines is 1. The first-order valence-electron chi connectivity index (χ1n) is 9.06. The van der Waals surface area contributed by atoms with E-state index >= 15 is 0 Å².